The third-order valence-electron chi connectivity index (χ3n) is 2.52. The summed E-state index contributed by atoms with van der Waals surface area (Å²) in [7, 11) is 1.27. The van der Waals surface area contributed by atoms with Crippen LogP contribution in [0.3, 0.4) is 0 Å². The number of carbonyl (C=O) groups is 1. The Kier molecular flexibility index (Phi) is 13.3. The molecule has 5 nitrogen and oxygen atoms in total. The Balaban J connectivity index is -0.000000980. The van der Waals surface area contributed by atoms with E-state index in [2.05, 4.69) is 11.3 Å². The van der Waals surface area contributed by atoms with E-state index >= 15 is 0 Å². The number of rotatable bonds is 6. The number of quaternary nitrogens is 1. The first kappa shape index (κ1) is 22.3. The fraction of sp³-hybridized carbons (Fsp3) is 0.700. The van der Waals surface area contributed by atoms with Crippen LogP contribution >= 0.6 is 0 Å². The number of nitrogens with zero attached hydrogens (tertiary/aromatic N) is 1. The number of hydrogen-bond donors (Lipinski definition) is 0. The van der Waals surface area contributed by atoms with Crippen LogP contribution in [0.25, 0.3) is 0 Å². The zero-order chi connectivity index (χ0) is 12.1. The molecule has 0 N–H and O–H groups in total. The number of hydrogen-bond acceptors (Lipinski definition) is 4. The zero-order valence-electron chi connectivity index (χ0n) is 10.5. The van der Waals surface area contributed by atoms with Crippen molar-refractivity contribution >= 4 is 29.0 Å². The quantitative estimate of drug-likeness (QED) is 0.191. The van der Waals surface area contributed by atoms with Gasteiger partial charge in [0.15, 0.2) is 0 Å². The van der Waals surface area contributed by atoms with Gasteiger partial charge < -0.3 is 32.4 Å². The molecule has 0 saturated carbocycles. The van der Waals surface area contributed by atoms with E-state index in [4.69, 9.17) is 0 Å². The fourth-order valence-electron chi connectivity index (χ4n) is 1.16. The van der Waals surface area contributed by atoms with Gasteiger partial charge in [0.25, 0.3) is 0 Å². The number of carbonyl (C=O) groups excluding carboxylic acids is 1. The smallest absolute Gasteiger partial charge is 1.00 e. The predicted octanol–water partition coefficient (Wildman–Crippen LogP) is -1.66. The Morgan fingerprint density at radius 1 is 1.47 bits per heavy atom. The Bertz CT molecular complexity index is 238. The van der Waals surface area contributed by atoms with Gasteiger partial charge in [-0.1, -0.05) is 6.58 Å². The maximum Gasteiger partial charge on any atom is 2.00 e. The van der Waals surface area contributed by atoms with Gasteiger partial charge in [-0.2, -0.15) is 0 Å². The Morgan fingerprint density at radius 2 is 1.94 bits per heavy atom. The summed E-state index contributed by atoms with van der Waals surface area (Å²) < 4.78 is 4.43. The van der Waals surface area contributed by atoms with E-state index in [1.165, 1.54) is 27.0 Å². The average molecular weight is 276 g/mol. The molecule has 2 atom stereocenters. The maximum absolute atomic E-state index is 11.6. The Labute approximate surface area is 124 Å². The number of esters is 1. The van der Waals surface area contributed by atoms with Crippen molar-refractivity contribution in [2.45, 2.75) is 38.8 Å². The monoisotopic (exact) mass is 275 g/mol. The first-order valence-corrected chi connectivity index (χ1v) is 4.86. The molecular formula is C10H18ClMgNO4. The molecular weight excluding hydrogens is 258 g/mol. The summed E-state index contributed by atoms with van der Waals surface area (Å²) in [6, 6.07) is -1.42. The van der Waals surface area contributed by atoms with Crippen molar-refractivity contribution in [3.8, 4) is 0 Å². The van der Waals surface area contributed by atoms with Gasteiger partial charge in [0.2, 0.25) is 0 Å². The fourth-order valence-corrected chi connectivity index (χ4v) is 1.16. The summed E-state index contributed by atoms with van der Waals surface area (Å²) in [5, 5.41) is 23.2. The van der Waals surface area contributed by atoms with Crippen LogP contribution < -0.4 is 12.4 Å². The molecule has 17 heavy (non-hydrogen) atoms. The summed E-state index contributed by atoms with van der Waals surface area (Å²) in [5.41, 5.74) is 0. The first-order chi connectivity index (χ1) is 6.86. The molecule has 0 radical (unpaired) electrons. The molecule has 0 rings (SSSR count). The molecule has 0 bridgehead atoms. The number of hydroxylamine groups is 4. The van der Waals surface area contributed by atoms with Crippen molar-refractivity contribution in [3.63, 3.8) is 0 Å². The van der Waals surface area contributed by atoms with Crippen molar-refractivity contribution in [1.29, 1.82) is 0 Å². The third-order valence-corrected chi connectivity index (χ3v) is 2.52. The van der Waals surface area contributed by atoms with Crippen molar-refractivity contribution in [3.05, 3.63) is 23.1 Å². The summed E-state index contributed by atoms with van der Waals surface area (Å²) in [6.45, 7) is 6.46. The predicted molar refractivity (Wildman–Crippen MR) is 63.1 cm³/mol. The molecule has 0 heterocycles. The van der Waals surface area contributed by atoms with E-state index in [1.807, 2.05) is 0 Å². The molecule has 0 aliphatic carbocycles. The van der Waals surface area contributed by atoms with Gasteiger partial charge in [-0.15, -0.1) is 0 Å². The minimum Gasteiger partial charge on any atom is -1.00 e. The molecule has 0 spiro atoms. The number of ether oxygens (including phenoxy) is 1. The molecule has 0 amide bonds. The Hall–Kier alpha value is 0.146. The standard InChI is InChI=1S/C10H18NO4.ClH.Mg/c1-5-8(2)11(13,14)9(3)6-7-10(12)15-4;;/h5,8-9H,1,6-7H2,2-4H3;1H;/q-1;;+2/p-1. The van der Waals surface area contributed by atoms with Crippen LogP contribution in [0.2, 0.25) is 0 Å². The van der Waals surface area contributed by atoms with Crippen LogP contribution in [0.15, 0.2) is 12.7 Å². The molecule has 0 fully saturated rings. The van der Waals surface area contributed by atoms with Gasteiger partial charge in [-0.3, -0.25) is 4.79 Å². The van der Waals surface area contributed by atoms with Gasteiger partial charge in [0.05, 0.1) is 19.6 Å². The van der Waals surface area contributed by atoms with Crippen LogP contribution in [0.4, 0.5) is 0 Å². The third kappa shape index (κ3) is 7.23. The first-order valence-electron chi connectivity index (χ1n) is 4.86. The van der Waals surface area contributed by atoms with Crippen molar-refractivity contribution < 1.29 is 26.7 Å². The van der Waals surface area contributed by atoms with Crippen LogP contribution in [-0.2, 0) is 9.53 Å². The second-order valence-corrected chi connectivity index (χ2v) is 3.59. The molecule has 0 aromatic rings. The van der Waals surface area contributed by atoms with E-state index in [-0.39, 0.29) is 48.3 Å². The summed E-state index contributed by atoms with van der Waals surface area (Å²) >= 11 is 0. The van der Waals surface area contributed by atoms with Gasteiger partial charge >= 0.3 is 29.0 Å². The number of methoxy groups -OCH3 is 1. The summed E-state index contributed by atoms with van der Waals surface area (Å²) in [6.07, 6.45) is 1.64. The SMILES string of the molecule is C=CC(C)[N+]([O-])([O-])C(C)CCC(=O)OC.[Cl-].[Mg+2]. The van der Waals surface area contributed by atoms with Gasteiger partial charge in [0, 0.05) is 6.42 Å². The summed E-state index contributed by atoms with van der Waals surface area (Å²) in [5.74, 6) is -0.409. The topological polar surface area (TPSA) is 72.4 Å². The van der Waals surface area contributed by atoms with E-state index in [1.54, 1.807) is 0 Å². The second-order valence-electron chi connectivity index (χ2n) is 3.59. The van der Waals surface area contributed by atoms with Crippen molar-refractivity contribution in [1.82, 2.24) is 0 Å². The van der Waals surface area contributed by atoms with Crippen LogP contribution in [0.1, 0.15) is 26.7 Å². The van der Waals surface area contributed by atoms with Gasteiger partial charge in [0.1, 0.15) is 6.04 Å². The van der Waals surface area contributed by atoms with E-state index in [0.717, 1.165) is 0 Å². The van der Waals surface area contributed by atoms with Crippen LogP contribution in [-0.4, -0.2) is 53.0 Å². The van der Waals surface area contributed by atoms with Gasteiger partial charge in [-0.05, 0) is 19.9 Å². The molecule has 0 saturated heterocycles. The molecule has 0 aromatic carbocycles. The van der Waals surface area contributed by atoms with E-state index < -0.39 is 22.9 Å². The zero-order valence-corrected chi connectivity index (χ0v) is 12.7. The van der Waals surface area contributed by atoms with Gasteiger partial charge in [-0.25, -0.2) is 0 Å². The largest absolute Gasteiger partial charge is 2.00 e. The molecule has 7 heteroatoms. The molecule has 0 aromatic heterocycles. The maximum atomic E-state index is 11.6. The van der Waals surface area contributed by atoms with Crippen molar-refractivity contribution in [2.75, 3.05) is 7.11 Å². The molecule has 96 valence electrons. The van der Waals surface area contributed by atoms with E-state index in [9.17, 15) is 15.2 Å². The number of halogens is 1. The van der Waals surface area contributed by atoms with E-state index in [0.29, 0.717) is 0 Å². The second kappa shape index (κ2) is 10.1. The van der Waals surface area contributed by atoms with Crippen LogP contribution in [0, 0.1) is 10.4 Å². The Morgan fingerprint density at radius 3 is 2.29 bits per heavy atom. The molecule has 0 aliphatic rings. The summed E-state index contributed by atoms with van der Waals surface area (Å²) in [4.78, 5) is 9.18. The van der Waals surface area contributed by atoms with Crippen LogP contribution in [0.5, 0.6) is 0 Å². The minimum atomic E-state index is -1.65. The normalized spacial score (nSPS) is 13.7. The average Bonchev–Trinajstić information content (AvgIpc) is 2.23. The van der Waals surface area contributed by atoms with Crippen molar-refractivity contribution in [2.24, 2.45) is 0 Å². The molecule has 0 aliphatic heterocycles. The minimum absolute atomic E-state index is 0. The molecule has 2 unspecified atom stereocenters.